The van der Waals surface area contributed by atoms with Gasteiger partial charge in [0, 0.05) is 13.7 Å². The van der Waals surface area contributed by atoms with Gasteiger partial charge in [0.2, 0.25) is 0 Å². The van der Waals surface area contributed by atoms with E-state index in [9.17, 15) is 8.42 Å². The molecule has 0 aliphatic heterocycles. The van der Waals surface area contributed by atoms with Crippen molar-refractivity contribution >= 4 is 10.1 Å². The number of benzene rings is 1. The van der Waals surface area contributed by atoms with Crippen molar-refractivity contribution in [1.82, 2.24) is 0 Å². The van der Waals surface area contributed by atoms with E-state index in [-0.39, 0.29) is 4.90 Å². The zero-order valence-corrected chi connectivity index (χ0v) is 13.0. The van der Waals surface area contributed by atoms with Crippen LogP contribution in [0.1, 0.15) is 12.0 Å². The molecule has 0 saturated carbocycles. The molecular formula is C14H22O6S. The van der Waals surface area contributed by atoms with Gasteiger partial charge in [-0.3, -0.25) is 4.55 Å². The fourth-order valence-electron chi connectivity index (χ4n) is 1.67. The minimum Gasteiger partial charge on any atom is -0.382 e. The molecular weight excluding hydrogens is 296 g/mol. The van der Waals surface area contributed by atoms with Crippen LogP contribution in [0.2, 0.25) is 0 Å². The fourth-order valence-corrected chi connectivity index (χ4v) is 2.15. The molecule has 0 aromatic heterocycles. The lowest BCUT2D eigenvalue weighted by Gasteiger charge is -2.06. The van der Waals surface area contributed by atoms with Gasteiger partial charge in [0.25, 0.3) is 10.1 Å². The minimum atomic E-state index is -4.11. The Morgan fingerprint density at radius 2 is 1.52 bits per heavy atom. The molecule has 1 aromatic rings. The number of aryl methyl sites for hydroxylation is 1. The van der Waals surface area contributed by atoms with Crippen LogP contribution in [-0.4, -0.2) is 53.1 Å². The van der Waals surface area contributed by atoms with Crippen molar-refractivity contribution in [1.29, 1.82) is 0 Å². The summed E-state index contributed by atoms with van der Waals surface area (Å²) in [5.74, 6) is 0. The standard InChI is InChI=1S/C14H22O6S/c1-18-9-10-20-12-11-19-8-2-3-13-4-6-14(7-5-13)21(15,16)17/h4-7H,2-3,8-12H2,1H3,(H,15,16,17). The topological polar surface area (TPSA) is 82.1 Å². The van der Waals surface area contributed by atoms with Gasteiger partial charge in [0.15, 0.2) is 0 Å². The Hall–Kier alpha value is -0.990. The van der Waals surface area contributed by atoms with Crippen LogP contribution in [-0.2, 0) is 30.7 Å². The lowest BCUT2D eigenvalue weighted by molar-refractivity contribution is 0.0244. The molecule has 120 valence electrons. The summed E-state index contributed by atoms with van der Waals surface area (Å²) < 4.78 is 46.1. The van der Waals surface area contributed by atoms with Gasteiger partial charge in [0.05, 0.1) is 31.3 Å². The van der Waals surface area contributed by atoms with Crippen molar-refractivity contribution in [2.24, 2.45) is 0 Å². The molecule has 0 unspecified atom stereocenters. The molecule has 1 N–H and O–H groups in total. The number of methoxy groups -OCH3 is 1. The number of hydrogen-bond acceptors (Lipinski definition) is 5. The Morgan fingerprint density at radius 1 is 0.952 bits per heavy atom. The van der Waals surface area contributed by atoms with Crippen LogP contribution in [0.25, 0.3) is 0 Å². The summed E-state index contributed by atoms with van der Waals surface area (Å²) in [5, 5.41) is 0. The maximum atomic E-state index is 10.9. The first-order valence-electron chi connectivity index (χ1n) is 6.75. The SMILES string of the molecule is COCCOCCOCCCc1ccc(S(=O)(=O)O)cc1. The van der Waals surface area contributed by atoms with E-state index in [0.717, 1.165) is 18.4 Å². The Labute approximate surface area is 125 Å². The first-order valence-corrected chi connectivity index (χ1v) is 8.19. The average molecular weight is 318 g/mol. The molecule has 0 aliphatic carbocycles. The largest absolute Gasteiger partial charge is 0.382 e. The number of rotatable bonds is 11. The molecule has 0 fully saturated rings. The van der Waals surface area contributed by atoms with E-state index >= 15 is 0 Å². The summed E-state index contributed by atoms with van der Waals surface area (Å²) in [6.07, 6.45) is 1.62. The van der Waals surface area contributed by atoms with Gasteiger partial charge in [-0.1, -0.05) is 12.1 Å². The predicted molar refractivity (Wildman–Crippen MR) is 78.1 cm³/mol. The van der Waals surface area contributed by atoms with E-state index in [4.69, 9.17) is 18.8 Å². The third kappa shape index (κ3) is 8.13. The van der Waals surface area contributed by atoms with E-state index in [1.54, 1.807) is 19.2 Å². The number of hydrogen-bond donors (Lipinski definition) is 1. The summed E-state index contributed by atoms with van der Waals surface area (Å²) >= 11 is 0. The molecule has 1 aromatic carbocycles. The summed E-state index contributed by atoms with van der Waals surface area (Å²) in [4.78, 5) is -0.0873. The van der Waals surface area contributed by atoms with Crippen LogP contribution < -0.4 is 0 Å². The molecule has 0 aliphatic rings. The van der Waals surface area contributed by atoms with Crippen molar-refractivity contribution in [3.63, 3.8) is 0 Å². The summed E-state index contributed by atoms with van der Waals surface area (Å²) in [6, 6.07) is 6.18. The lowest BCUT2D eigenvalue weighted by atomic mass is 10.1. The summed E-state index contributed by atoms with van der Waals surface area (Å²) in [7, 11) is -2.48. The van der Waals surface area contributed by atoms with E-state index in [1.807, 2.05) is 0 Å². The van der Waals surface area contributed by atoms with Gasteiger partial charge in [-0.25, -0.2) is 0 Å². The van der Waals surface area contributed by atoms with Crippen molar-refractivity contribution in [3.05, 3.63) is 29.8 Å². The molecule has 0 spiro atoms. The quantitative estimate of drug-likeness (QED) is 0.492. The third-order valence-corrected chi connectivity index (χ3v) is 3.65. The molecule has 7 heteroatoms. The Kier molecular flexibility index (Phi) is 8.48. The maximum Gasteiger partial charge on any atom is 0.294 e. The van der Waals surface area contributed by atoms with Gasteiger partial charge in [-0.15, -0.1) is 0 Å². The monoisotopic (exact) mass is 318 g/mol. The highest BCUT2D eigenvalue weighted by molar-refractivity contribution is 7.85. The molecule has 0 heterocycles. The third-order valence-electron chi connectivity index (χ3n) is 2.78. The van der Waals surface area contributed by atoms with E-state index < -0.39 is 10.1 Å². The van der Waals surface area contributed by atoms with Crippen molar-refractivity contribution in [3.8, 4) is 0 Å². The van der Waals surface area contributed by atoms with Gasteiger partial charge in [0.1, 0.15) is 0 Å². The van der Waals surface area contributed by atoms with E-state index in [2.05, 4.69) is 0 Å². The summed E-state index contributed by atoms with van der Waals surface area (Å²) in [6.45, 7) is 2.87. The normalized spacial score (nSPS) is 11.7. The van der Waals surface area contributed by atoms with E-state index in [0.29, 0.717) is 33.0 Å². The van der Waals surface area contributed by atoms with Crippen molar-refractivity contribution in [2.45, 2.75) is 17.7 Å². The molecule has 0 amide bonds. The van der Waals surface area contributed by atoms with Crippen LogP contribution in [0.4, 0.5) is 0 Å². The van der Waals surface area contributed by atoms with Gasteiger partial charge in [-0.2, -0.15) is 8.42 Å². The second-order valence-electron chi connectivity index (χ2n) is 4.44. The van der Waals surface area contributed by atoms with Gasteiger partial charge < -0.3 is 14.2 Å². The van der Waals surface area contributed by atoms with Crippen LogP contribution in [0, 0.1) is 0 Å². The number of ether oxygens (including phenoxy) is 3. The fraction of sp³-hybridized carbons (Fsp3) is 0.571. The lowest BCUT2D eigenvalue weighted by Crippen LogP contribution is -2.09. The van der Waals surface area contributed by atoms with Crippen LogP contribution in [0.5, 0.6) is 0 Å². The zero-order chi connectivity index (χ0) is 15.6. The Balaban J connectivity index is 2.10. The molecule has 0 radical (unpaired) electrons. The highest BCUT2D eigenvalue weighted by Gasteiger charge is 2.08. The predicted octanol–water partition coefficient (Wildman–Crippen LogP) is 1.55. The minimum absolute atomic E-state index is 0.0873. The highest BCUT2D eigenvalue weighted by atomic mass is 32.2. The maximum absolute atomic E-state index is 10.9. The molecule has 0 bridgehead atoms. The molecule has 0 atom stereocenters. The van der Waals surface area contributed by atoms with Crippen molar-refractivity contribution < 1.29 is 27.2 Å². The zero-order valence-electron chi connectivity index (χ0n) is 12.2. The first-order chi connectivity index (χ1) is 10.0. The van der Waals surface area contributed by atoms with Crippen LogP contribution >= 0.6 is 0 Å². The summed E-state index contributed by atoms with van der Waals surface area (Å²) in [5.41, 5.74) is 1.00. The first kappa shape index (κ1) is 18.1. The Bertz CT molecular complexity index is 483. The molecule has 21 heavy (non-hydrogen) atoms. The Morgan fingerprint density at radius 3 is 2.10 bits per heavy atom. The second kappa shape index (κ2) is 9.86. The van der Waals surface area contributed by atoms with Crippen LogP contribution in [0.3, 0.4) is 0 Å². The molecule has 6 nitrogen and oxygen atoms in total. The van der Waals surface area contributed by atoms with E-state index in [1.165, 1.54) is 12.1 Å². The second-order valence-corrected chi connectivity index (χ2v) is 5.86. The molecule has 1 rings (SSSR count). The van der Waals surface area contributed by atoms with Gasteiger partial charge in [-0.05, 0) is 30.5 Å². The van der Waals surface area contributed by atoms with Crippen molar-refractivity contribution in [2.75, 3.05) is 40.1 Å². The smallest absolute Gasteiger partial charge is 0.294 e. The highest BCUT2D eigenvalue weighted by Crippen LogP contribution is 2.11. The van der Waals surface area contributed by atoms with Gasteiger partial charge >= 0.3 is 0 Å². The average Bonchev–Trinajstić information content (AvgIpc) is 2.45. The molecule has 0 saturated heterocycles. The van der Waals surface area contributed by atoms with Crippen LogP contribution in [0.15, 0.2) is 29.2 Å².